The van der Waals surface area contributed by atoms with E-state index in [4.69, 9.17) is 9.47 Å². The Kier molecular flexibility index (Phi) is 8.67. The average molecular weight is 373 g/mol. The normalized spacial score (nSPS) is 29.0. The van der Waals surface area contributed by atoms with Crippen LogP contribution in [0, 0.1) is 17.8 Å². The van der Waals surface area contributed by atoms with E-state index in [-0.39, 0.29) is 6.29 Å². The second-order valence-electron chi connectivity index (χ2n) is 8.96. The van der Waals surface area contributed by atoms with Gasteiger partial charge in [0.2, 0.25) is 0 Å². The van der Waals surface area contributed by atoms with E-state index < -0.39 is 0 Å². The summed E-state index contributed by atoms with van der Waals surface area (Å²) in [4.78, 5) is 0. The molecule has 0 spiro atoms. The molecule has 2 heteroatoms. The maximum Gasteiger partial charge on any atom is 0.183 e. The van der Waals surface area contributed by atoms with Crippen molar-refractivity contribution < 1.29 is 9.47 Å². The predicted octanol–water partition coefficient (Wildman–Crippen LogP) is 7.08. The lowest BCUT2D eigenvalue weighted by atomic mass is 9.78. The van der Waals surface area contributed by atoms with E-state index in [2.05, 4.69) is 38.1 Å². The van der Waals surface area contributed by atoms with E-state index in [0.717, 1.165) is 25.0 Å². The average Bonchev–Trinajstić information content (AvgIpc) is 2.73. The first kappa shape index (κ1) is 20.9. The zero-order valence-corrected chi connectivity index (χ0v) is 17.6. The molecule has 1 aliphatic heterocycles. The lowest BCUT2D eigenvalue weighted by molar-refractivity contribution is -0.206. The van der Waals surface area contributed by atoms with Crippen molar-refractivity contribution in [1.29, 1.82) is 0 Å². The second kappa shape index (κ2) is 11.2. The van der Waals surface area contributed by atoms with E-state index in [0.29, 0.717) is 5.92 Å². The SMILES string of the molecule is CCCC[C@H]1CC[C@H](CCc2ccc(C3OCC(CCC)CO3)cc2)CC1. The minimum atomic E-state index is -0.162. The van der Waals surface area contributed by atoms with Gasteiger partial charge < -0.3 is 9.47 Å². The fraction of sp³-hybridized carbons (Fsp3) is 0.760. The van der Waals surface area contributed by atoms with Crippen LogP contribution >= 0.6 is 0 Å². The Morgan fingerprint density at radius 3 is 1.96 bits per heavy atom. The zero-order chi connectivity index (χ0) is 18.9. The van der Waals surface area contributed by atoms with Gasteiger partial charge in [0.15, 0.2) is 6.29 Å². The van der Waals surface area contributed by atoms with Crippen molar-refractivity contribution in [1.82, 2.24) is 0 Å². The second-order valence-corrected chi connectivity index (χ2v) is 8.96. The number of hydrogen-bond acceptors (Lipinski definition) is 2. The molecule has 2 aliphatic rings. The van der Waals surface area contributed by atoms with Crippen LogP contribution < -0.4 is 0 Å². The number of hydrogen-bond donors (Lipinski definition) is 0. The van der Waals surface area contributed by atoms with Gasteiger partial charge in [0.1, 0.15) is 0 Å². The summed E-state index contributed by atoms with van der Waals surface area (Å²) >= 11 is 0. The van der Waals surface area contributed by atoms with Gasteiger partial charge in [0.25, 0.3) is 0 Å². The summed E-state index contributed by atoms with van der Waals surface area (Å²) in [7, 11) is 0. The Hall–Kier alpha value is -0.860. The van der Waals surface area contributed by atoms with Gasteiger partial charge in [-0.1, -0.05) is 89.5 Å². The maximum atomic E-state index is 5.94. The quantitative estimate of drug-likeness (QED) is 0.461. The highest BCUT2D eigenvalue weighted by Crippen LogP contribution is 2.34. The van der Waals surface area contributed by atoms with E-state index in [1.807, 2.05) is 0 Å². The van der Waals surface area contributed by atoms with Crippen LogP contribution in [-0.4, -0.2) is 13.2 Å². The van der Waals surface area contributed by atoms with Crippen LogP contribution in [0.15, 0.2) is 24.3 Å². The van der Waals surface area contributed by atoms with Gasteiger partial charge in [-0.05, 0) is 36.7 Å². The van der Waals surface area contributed by atoms with E-state index in [9.17, 15) is 0 Å². The predicted molar refractivity (Wildman–Crippen MR) is 113 cm³/mol. The van der Waals surface area contributed by atoms with Crippen molar-refractivity contribution >= 4 is 0 Å². The largest absolute Gasteiger partial charge is 0.348 e. The van der Waals surface area contributed by atoms with Gasteiger partial charge in [0.05, 0.1) is 13.2 Å². The van der Waals surface area contributed by atoms with Crippen molar-refractivity contribution in [2.75, 3.05) is 13.2 Å². The Balaban J connectivity index is 1.37. The standard InChI is InChI=1S/C25H40O2/c1-3-5-7-20-8-10-21(11-9-20)12-13-22-14-16-24(17-15-22)25-26-18-23(6-4-2)19-27-25/h14-17,20-21,23,25H,3-13,18-19H2,1-2H3/t20-,21-,23?,25?. The fourth-order valence-corrected chi connectivity index (χ4v) is 4.82. The number of aryl methyl sites for hydroxylation is 1. The van der Waals surface area contributed by atoms with E-state index >= 15 is 0 Å². The van der Waals surface area contributed by atoms with Crippen LogP contribution in [-0.2, 0) is 15.9 Å². The first-order valence-electron chi connectivity index (χ1n) is 11.6. The Labute approximate surface area is 167 Å². The molecule has 1 saturated heterocycles. The molecule has 0 atom stereocenters. The van der Waals surface area contributed by atoms with Crippen molar-refractivity contribution in [3.05, 3.63) is 35.4 Å². The van der Waals surface area contributed by atoms with Crippen LogP contribution in [0.3, 0.4) is 0 Å². The molecule has 1 saturated carbocycles. The summed E-state index contributed by atoms with van der Waals surface area (Å²) in [5, 5.41) is 0. The summed E-state index contributed by atoms with van der Waals surface area (Å²) in [6.07, 6.45) is 14.9. The molecular weight excluding hydrogens is 332 g/mol. The topological polar surface area (TPSA) is 18.5 Å². The van der Waals surface area contributed by atoms with Crippen molar-refractivity contribution in [3.63, 3.8) is 0 Å². The first-order valence-corrected chi connectivity index (χ1v) is 11.6. The monoisotopic (exact) mass is 372 g/mol. The molecule has 0 unspecified atom stereocenters. The van der Waals surface area contributed by atoms with Gasteiger partial charge in [-0.3, -0.25) is 0 Å². The lowest BCUT2D eigenvalue weighted by Crippen LogP contribution is -2.26. The Morgan fingerprint density at radius 2 is 1.37 bits per heavy atom. The first-order chi connectivity index (χ1) is 13.3. The van der Waals surface area contributed by atoms with E-state index in [1.54, 1.807) is 0 Å². The fourth-order valence-electron chi connectivity index (χ4n) is 4.82. The molecule has 0 radical (unpaired) electrons. The van der Waals surface area contributed by atoms with Crippen LogP contribution in [0.5, 0.6) is 0 Å². The summed E-state index contributed by atoms with van der Waals surface area (Å²) in [6, 6.07) is 8.99. The summed E-state index contributed by atoms with van der Waals surface area (Å²) in [5.74, 6) is 2.54. The molecule has 1 aliphatic carbocycles. The molecule has 0 bridgehead atoms. The third-order valence-electron chi connectivity index (χ3n) is 6.69. The molecule has 3 rings (SSSR count). The molecule has 1 aromatic carbocycles. The molecule has 2 fully saturated rings. The highest BCUT2D eigenvalue weighted by atomic mass is 16.7. The zero-order valence-electron chi connectivity index (χ0n) is 17.6. The lowest BCUT2D eigenvalue weighted by Gasteiger charge is -2.29. The highest BCUT2D eigenvalue weighted by Gasteiger charge is 2.23. The smallest absolute Gasteiger partial charge is 0.183 e. The summed E-state index contributed by atoms with van der Waals surface area (Å²) < 4.78 is 11.9. The highest BCUT2D eigenvalue weighted by molar-refractivity contribution is 5.23. The third kappa shape index (κ3) is 6.61. The van der Waals surface area contributed by atoms with Gasteiger partial charge >= 0.3 is 0 Å². The van der Waals surface area contributed by atoms with Crippen molar-refractivity contribution in [2.45, 2.75) is 90.8 Å². The molecule has 1 aromatic rings. The van der Waals surface area contributed by atoms with Gasteiger partial charge in [0, 0.05) is 11.5 Å². The minimum Gasteiger partial charge on any atom is -0.348 e. The number of benzene rings is 1. The molecule has 2 nitrogen and oxygen atoms in total. The van der Waals surface area contributed by atoms with Crippen LogP contribution in [0.25, 0.3) is 0 Å². The molecule has 0 N–H and O–H groups in total. The van der Waals surface area contributed by atoms with Crippen LogP contribution in [0.4, 0.5) is 0 Å². The molecular formula is C25H40O2. The molecule has 0 aromatic heterocycles. The molecule has 27 heavy (non-hydrogen) atoms. The van der Waals surface area contributed by atoms with Crippen LogP contribution in [0.1, 0.15) is 95.5 Å². The van der Waals surface area contributed by atoms with E-state index in [1.165, 1.54) is 81.8 Å². The minimum absolute atomic E-state index is 0.162. The molecule has 152 valence electrons. The van der Waals surface area contributed by atoms with Gasteiger partial charge in [-0.15, -0.1) is 0 Å². The van der Waals surface area contributed by atoms with Crippen molar-refractivity contribution in [3.8, 4) is 0 Å². The van der Waals surface area contributed by atoms with Crippen LogP contribution in [0.2, 0.25) is 0 Å². The third-order valence-corrected chi connectivity index (χ3v) is 6.69. The van der Waals surface area contributed by atoms with Crippen molar-refractivity contribution in [2.24, 2.45) is 17.8 Å². The number of ether oxygens (including phenoxy) is 2. The number of rotatable bonds is 9. The van der Waals surface area contributed by atoms with Gasteiger partial charge in [-0.2, -0.15) is 0 Å². The molecule has 1 heterocycles. The Morgan fingerprint density at radius 1 is 0.741 bits per heavy atom. The maximum absolute atomic E-state index is 5.94. The summed E-state index contributed by atoms with van der Waals surface area (Å²) in [5.41, 5.74) is 2.64. The van der Waals surface area contributed by atoms with Gasteiger partial charge in [-0.25, -0.2) is 0 Å². The number of unbranched alkanes of at least 4 members (excludes halogenated alkanes) is 1. The molecule has 0 amide bonds. The Bertz CT molecular complexity index is 508. The summed E-state index contributed by atoms with van der Waals surface area (Å²) in [6.45, 7) is 6.21.